The molecule has 2 heterocycles. The molecule has 4 nitrogen and oxygen atoms in total. The summed E-state index contributed by atoms with van der Waals surface area (Å²) in [5.74, 6) is 3.66. The minimum absolute atomic E-state index is 0.0936. The number of benzene rings is 1. The minimum Gasteiger partial charge on any atom is -0.272 e. The molecular formula is C21H23N3OS. The average Bonchev–Trinajstić information content (AvgIpc) is 3.07. The van der Waals surface area contributed by atoms with E-state index in [-0.39, 0.29) is 16.6 Å². The maximum Gasteiger partial charge on any atom is 0.250 e. The largest absolute Gasteiger partial charge is 0.272 e. The topological polar surface area (TPSA) is 47.8 Å². The molecule has 4 fully saturated rings. The van der Waals surface area contributed by atoms with Crippen molar-refractivity contribution >= 4 is 17.7 Å². The van der Waals surface area contributed by atoms with Crippen LogP contribution < -0.4 is 0 Å². The molecule has 1 aromatic heterocycles. The van der Waals surface area contributed by atoms with Crippen LogP contribution in [0.15, 0.2) is 35.5 Å². The number of fused-ring (bicyclic) bond motifs is 1. The van der Waals surface area contributed by atoms with E-state index in [1.165, 1.54) is 44.1 Å². The molecule has 0 amide bonds. The summed E-state index contributed by atoms with van der Waals surface area (Å²) in [6, 6.07) is 10.3. The van der Waals surface area contributed by atoms with Crippen LogP contribution in [-0.4, -0.2) is 20.7 Å². The molecule has 5 heteroatoms. The van der Waals surface area contributed by atoms with Crippen LogP contribution in [0.4, 0.5) is 0 Å². The van der Waals surface area contributed by atoms with E-state index in [0.29, 0.717) is 6.42 Å². The third kappa shape index (κ3) is 2.25. The number of carbonyl (C=O) groups is 1. The van der Waals surface area contributed by atoms with Crippen LogP contribution in [0, 0.1) is 17.8 Å². The van der Waals surface area contributed by atoms with Crippen LogP contribution in [0.1, 0.15) is 66.4 Å². The molecule has 1 aromatic carbocycles. The van der Waals surface area contributed by atoms with Gasteiger partial charge in [-0.2, -0.15) is 4.68 Å². The number of aromatic nitrogens is 3. The number of thioether (sulfide) groups is 1. The van der Waals surface area contributed by atoms with E-state index in [0.717, 1.165) is 28.7 Å². The van der Waals surface area contributed by atoms with Crippen molar-refractivity contribution in [1.29, 1.82) is 0 Å². The number of hydrogen-bond donors (Lipinski definition) is 0. The molecular weight excluding hydrogens is 342 g/mol. The highest BCUT2D eigenvalue weighted by Crippen LogP contribution is 2.60. The quantitative estimate of drug-likeness (QED) is 0.779. The fraction of sp³-hybridized carbons (Fsp3) is 0.571. The Kier molecular flexibility index (Phi) is 3.23. The number of hydrogen-bond acceptors (Lipinski definition) is 4. The van der Waals surface area contributed by atoms with Gasteiger partial charge in [0.15, 0.2) is 11.0 Å². The summed E-state index contributed by atoms with van der Waals surface area (Å²) < 4.78 is 1.61. The lowest BCUT2D eigenvalue weighted by atomic mass is 9.49. The Balaban J connectivity index is 1.35. The molecule has 1 atom stereocenters. The second kappa shape index (κ2) is 5.44. The molecule has 5 aliphatic rings. The lowest BCUT2D eigenvalue weighted by molar-refractivity contribution is -0.00944. The van der Waals surface area contributed by atoms with E-state index in [1.54, 1.807) is 16.4 Å². The molecule has 4 bridgehead atoms. The molecule has 0 spiro atoms. The van der Waals surface area contributed by atoms with E-state index >= 15 is 0 Å². The van der Waals surface area contributed by atoms with Crippen molar-refractivity contribution in [2.75, 3.05) is 0 Å². The average molecular weight is 366 g/mol. The van der Waals surface area contributed by atoms with Gasteiger partial charge < -0.3 is 0 Å². The van der Waals surface area contributed by atoms with Gasteiger partial charge in [-0.3, -0.25) is 4.79 Å². The Morgan fingerprint density at radius 1 is 1.00 bits per heavy atom. The number of carbonyl (C=O) groups excluding carboxylic acids is 1. The second-order valence-electron chi connectivity index (χ2n) is 8.94. The molecule has 26 heavy (non-hydrogen) atoms. The van der Waals surface area contributed by atoms with Crippen molar-refractivity contribution in [2.24, 2.45) is 17.8 Å². The monoisotopic (exact) mass is 365 g/mol. The van der Waals surface area contributed by atoms with Gasteiger partial charge in [0.25, 0.3) is 5.91 Å². The van der Waals surface area contributed by atoms with Gasteiger partial charge in [0.05, 0.1) is 0 Å². The predicted octanol–water partition coefficient (Wildman–Crippen LogP) is 4.62. The van der Waals surface area contributed by atoms with E-state index in [4.69, 9.17) is 10.1 Å². The normalized spacial score (nSPS) is 37.8. The van der Waals surface area contributed by atoms with Crippen molar-refractivity contribution < 1.29 is 4.79 Å². The van der Waals surface area contributed by atoms with Gasteiger partial charge in [0.2, 0.25) is 0 Å². The zero-order valence-electron chi connectivity index (χ0n) is 14.8. The summed E-state index contributed by atoms with van der Waals surface area (Å²) in [7, 11) is 0. The highest BCUT2D eigenvalue weighted by molar-refractivity contribution is 7.99. The van der Waals surface area contributed by atoms with Crippen molar-refractivity contribution in [3.63, 3.8) is 0 Å². The maximum absolute atomic E-state index is 12.8. The third-order valence-corrected chi connectivity index (χ3v) is 8.30. The van der Waals surface area contributed by atoms with Crippen LogP contribution in [0.5, 0.6) is 0 Å². The predicted molar refractivity (Wildman–Crippen MR) is 100 cm³/mol. The number of rotatable bonds is 2. The summed E-state index contributed by atoms with van der Waals surface area (Å²) >= 11 is 1.71. The fourth-order valence-corrected chi connectivity index (χ4v) is 7.57. The van der Waals surface area contributed by atoms with E-state index < -0.39 is 0 Å². The molecule has 4 saturated carbocycles. The first-order chi connectivity index (χ1) is 12.7. The Morgan fingerprint density at radius 3 is 2.31 bits per heavy atom. The fourth-order valence-electron chi connectivity index (χ4n) is 6.41. The molecule has 7 rings (SSSR count). The van der Waals surface area contributed by atoms with Crippen LogP contribution in [0.2, 0.25) is 0 Å². The highest BCUT2D eigenvalue weighted by atomic mass is 32.2. The van der Waals surface area contributed by atoms with E-state index in [1.807, 2.05) is 18.2 Å². The van der Waals surface area contributed by atoms with Gasteiger partial charge in [-0.25, -0.2) is 4.98 Å². The van der Waals surface area contributed by atoms with E-state index in [2.05, 4.69) is 12.1 Å². The molecule has 1 aliphatic heterocycles. The molecule has 0 unspecified atom stereocenters. The van der Waals surface area contributed by atoms with Gasteiger partial charge >= 0.3 is 0 Å². The van der Waals surface area contributed by atoms with Crippen molar-refractivity contribution in [1.82, 2.24) is 14.8 Å². The van der Waals surface area contributed by atoms with Crippen molar-refractivity contribution in [3.05, 3.63) is 41.7 Å². The molecule has 134 valence electrons. The third-order valence-electron chi connectivity index (χ3n) is 7.11. The zero-order chi connectivity index (χ0) is 17.3. The number of nitrogens with zero attached hydrogens (tertiary/aromatic N) is 3. The smallest absolute Gasteiger partial charge is 0.250 e. The highest BCUT2D eigenvalue weighted by Gasteiger charge is 2.54. The SMILES string of the molecule is O=C1C[C@H](c2ccccc2)Sc2nc(C34CC5CC(CC(C5)C3)C4)nn21. The van der Waals surface area contributed by atoms with Crippen LogP contribution >= 0.6 is 11.8 Å². The molecule has 0 radical (unpaired) electrons. The van der Waals surface area contributed by atoms with Gasteiger partial charge in [0.1, 0.15) is 0 Å². The molecule has 2 aromatic rings. The Bertz CT molecular complexity index is 839. The lowest BCUT2D eigenvalue weighted by Crippen LogP contribution is -2.49. The summed E-state index contributed by atoms with van der Waals surface area (Å²) in [4.78, 5) is 17.7. The van der Waals surface area contributed by atoms with Crippen LogP contribution in [0.3, 0.4) is 0 Å². The van der Waals surface area contributed by atoms with Gasteiger partial charge in [0, 0.05) is 17.1 Å². The molecule has 4 aliphatic carbocycles. The van der Waals surface area contributed by atoms with Crippen LogP contribution in [-0.2, 0) is 5.41 Å². The van der Waals surface area contributed by atoms with Gasteiger partial charge in [-0.1, -0.05) is 42.1 Å². The minimum atomic E-state index is 0.0936. The van der Waals surface area contributed by atoms with Gasteiger partial charge in [-0.15, -0.1) is 5.10 Å². The summed E-state index contributed by atoms with van der Waals surface area (Å²) in [5.41, 5.74) is 1.36. The first-order valence-electron chi connectivity index (χ1n) is 9.91. The van der Waals surface area contributed by atoms with E-state index in [9.17, 15) is 4.79 Å². The van der Waals surface area contributed by atoms with Gasteiger partial charge in [-0.05, 0) is 61.8 Å². The first-order valence-corrected chi connectivity index (χ1v) is 10.8. The maximum atomic E-state index is 12.8. The second-order valence-corrected chi connectivity index (χ2v) is 10.1. The van der Waals surface area contributed by atoms with Crippen LogP contribution in [0.25, 0.3) is 0 Å². The standard InChI is InChI=1S/C21H23N3OS/c25-18-9-17(16-4-2-1-3-5-16)26-20-22-19(23-24(18)20)21-10-13-6-14(11-21)8-15(7-13)12-21/h1-5,13-15,17H,6-12H2/t13?,14?,15?,17-,21?/m1/s1. The summed E-state index contributed by atoms with van der Waals surface area (Å²) in [6.45, 7) is 0. The zero-order valence-corrected chi connectivity index (χ0v) is 15.6. The lowest BCUT2D eigenvalue weighted by Gasteiger charge is -2.55. The molecule has 0 N–H and O–H groups in total. The molecule has 0 saturated heterocycles. The van der Waals surface area contributed by atoms with Crippen molar-refractivity contribution in [2.45, 2.75) is 60.8 Å². The van der Waals surface area contributed by atoms with Crippen molar-refractivity contribution in [3.8, 4) is 0 Å². The Labute approximate surface area is 157 Å². The first kappa shape index (κ1) is 15.4. The Hall–Kier alpha value is -1.62. The summed E-state index contributed by atoms with van der Waals surface area (Å²) in [6.07, 6.45) is 8.46. The summed E-state index contributed by atoms with van der Waals surface area (Å²) in [5, 5.41) is 5.75. The Morgan fingerprint density at radius 2 is 1.65 bits per heavy atom.